The van der Waals surface area contributed by atoms with Crippen LogP contribution in [0, 0.1) is 5.82 Å². The average Bonchev–Trinajstić information content (AvgIpc) is 2.20. The summed E-state index contributed by atoms with van der Waals surface area (Å²) in [6.07, 6.45) is 0. The van der Waals surface area contributed by atoms with Crippen molar-refractivity contribution in [1.29, 1.82) is 0 Å². The van der Waals surface area contributed by atoms with Gasteiger partial charge in [0.25, 0.3) is 5.91 Å². The molecule has 0 atom stereocenters. The van der Waals surface area contributed by atoms with Crippen molar-refractivity contribution in [3.63, 3.8) is 0 Å². The van der Waals surface area contributed by atoms with E-state index in [1.807, 2.05) is 0 Å². The van der Waals surface area contributed by atoms with Crippen LogP contribution in [0.1, 0.15) is 0 Å². The van der Waals surface area contributed by atoms with Gasteiger partial charge in [-0.05, 0) is 22.0 Å². The van der Waals surface area contributed by atoms with Gasteiger partial charge in [0, 0.05) is 6.07 Å². The molecule has 5 N–H and O–H groups in total. The van der Waals surface area contributed by atoms with Crippen LogP contribution in [-0.4, -0.2) is 18.5 Å². The molecule has 0 bridgehead atoms. The predicted octanol–water partition coefficient (Wildman–Crippen LogP) is 0.744. The number of primary amides is 1. The van der Waals surface area contributed by atoms with E-state index in [1.54, 1.807) is 5.32 Å². The second-order valence-electron chi connectivity index (χ2n) is 3.01. The summed E-state index contributed by atoms with van der Waals surface area (Å²) in [5, 5.41) is 1.79. The fourth-order valence-electron chi connectivity index (χ4n) is 0.986. The monoisotopic (exact) mass is 305 g/mol. The lowest BCUT2D eigenvalue weighted by Crippen LogP contribution is -2.38. The molecule has 3 amide bonds. The maximum Gasteiger partial charge on any atom is 0.318 e. The van der Waals surface area contributed by atoms with Gasteiger partial charge in [-0.2, -0.15) is 0 Å². The Morgan fingerprint density at radius 1 is 1.47 bits per heavy atom. The van der Waals surface area contributed by atoms with E-state index in [1.165, 1.54) is 6.07 Å². The van der Waals surface area contributed by atoms with Gasteiger partial charge in [0.05, 0.1) is 10.2 Å². The van der Waals surface area contributed by atoms with Gasteiger partial charge >= 0.3 is 6.03 Å². The lowest BCUT2D eigenvalue weighted by molar-refractivity contribution is -0.121. The lowest BCUT2D eigenvalue weighted by atomic mass is 10.3. The van der Waals surface area contributed by atoms with Crippen LogP contribution in [0.25, 0.3) is 0 Å². The zero-order valence-corrected chi connectivity index (χ0v) is 10.1. The number of halogens is 2. The van der Waals surface area contributed by atoms with Crippen LogP contribution in [0.3, 0.4) is 0 Å². The molecule has 92 valence electrons. The minimum absolute atomic E-state index is 0.00493. The number of hydrogen-bond acceptors (Lipinski definition) is 4. The third-order valence-electron chi connectivity index (χ3n) is 1.67. The molecule has 0 spiro atoms. The molecule has 6 nitrogen and oxygen atoms in total. The number of benzene rings is 1. The van der Waals surface area contributed by atoms with E-state index in [2.05, 4.69) is 15.9 Å². The van der Waals surface area contributed by atoms with E-state index < -0.39 is 24.4 Å². The number of anilines is 1. The van der Waals surface area contributed by atoms with E-state index in [4.69, 9.17) is 16.2 Å². The third-order valence-corrected chi connectivity index (χ3v) is 2.28. The van der Waals surface area contributed by atoms with Crippen molar-refractivity contribution in [3.05, 3.63) is 22.4 Å². The van der Waals surface area contributed by atoms with Crippen LogP contribution in [0.2, 0.25) is 0 Å². The fourth-order valence-corrected chi connectivity index (χ4v) is 1.35. The van der Waals surface area contributed by atoms with Gasteiger partial charge in [0.1, 0.15) is 11.6 Å². The summed E-state index contributed by atoms with van der Waals surface area (Å²) in [6.45, 7) is -0.492. The van der Waals surface area contributed by atoms with E-state index >= 15 is 0 Å². The molecule has 0 aliphatic rings. The Morgan fingerprint density at radius 2 is 2.12 bits per heavy atom. The highest BCUT2D eigenvalue weighted by molar-refractivity contribution is 9.10. The van der Waals surface area contributed by atoms with E-state index in [0.717, 1.165) is 6.07 Å². The quantitative estimate of drug-likeness (QED) is 0.716. The number of amides is 3. The molecular formula is C9H9BrFN3O3. The Labute approximate surface area is 104 Å². The zero-order chi connectivity index (χ0) is 13.0. The predicted molar refractivity (Wildman–Crippen MR) is 61.7 cm³/mol. The number of hydrogen-bond donors (Lipinski definition) is 3. The molecule has 17 heavy (non-hydrogen) atoms. The summed E-state index contributed by atoms with van der Waals surface area (Å²) in [4.78, 5) is 21.3. The molecule has 1 aromatic carbocycles. The molecule has 0 aliphatic carbocycles. The Balaban J connectivity index is 2.66. The molecule has 0 unspecified atom stereocenters. The largest absolute Gasteiger partial charge is 0.481 e. The first-order chi connectivity index (χ1) is 7.90. The number of urea groups is 1. The van der Waals surface area contributed by atoms with Crippen molar-refractivity contribution < 1.29 is 18.7 Å². The van der Waals surface area contributed by atoms with Crippen molar-refractivity contribution in [2.75, 3.05) is 12.3 Å². The number of carbonyl (C=O) groups excluding carboxylic acids is 2. The van der Waals surface area contributed by atoms with Gasteiger partial charge in [-0.3, -0.25) is 10.1 Å². The molecule has 0 saturated carbocycles. The molecule has 1 aromatic rings. The van der Waals surface area contributed by atoms with Crippen molar-refractivity contribution in [2.24, 2.45) is 5.73 Å². The Bertz CT molecular complexity index is 467. The summed E-state index contributed by atoms with van der Waals surface area (Å²) in [6, 6.07) is 1.33. The first-order valence-electron chi connectivity index (χ1n) is 4.36. The van der Waals surface area contributed by atoms with Gasteiger partial charge in [-0.25, -0.2) is 9.18 Å². The summed E-state index contributed by atoms with van der Waals surface area (Å²) in [5.74, 6) is -1.32. The number of nitrogens with one attached hydrogen (secondary N) is 1. The Hall–Kier alpha value is -1.83. The number of ether oxygens (including phenoxy) is 1. The highest BCUT2D eigenvalue weighted by Gasteiger charge is 2.10. The van der Waals surface area contributed by atoms with Crippen LogP contribution in [-0.2, 0) is 4.79 Å². The van der Waals surface area contributed by atoms with E-state index in [0.29, 0.717) is 0 Å². The molecule has 1 rings (SSSR count). The topological polar surface area (TPSA) is 107 Å². The van der Waals surface area contributed by atoms with Crippen LogP contribution >= 0.6 is 15.9 Å². The number of carbonyl (C=O) groups is 2. The van der Waals surface area contributed by atoms with Crippen molar-refractivity contribution >= 4 is 33.6 Å². The molecule has 0 aliphatic heterocycles. The summed E-state index contributed by atoms with van der Waals surface area (Å²) in [5.41, 5.74) is 10.4. The molecule has 0 aromatic heterocycles. The van der Waals surface area contributed by atoms with Gasteiger partial charge in [-0.15, -0.1) is 0 Å². The van der Waals surface area contributed by atoms with E-state index in [-0.39, 0.29) is 15.9 Å². The van der Waals surface area contributed by atoms with Crippen LogP contribution in [0.5, 0.6) is 5.75 Å². The highest BCUT2D eigenvalue weighted by atomic mass is 79.9. The average molecular weight is 306 g/mol. The fraction of sp³-hybridized carbons (Fsp3) is 0.111. The maximum absolute atomic E-state index is 13.1. The minimum atomic E-state index is -0.992. The number of nitrogens with two attached hydrogens (primary N) is 2. The molecular weight excluding hydrogens is 297 g/mol. The maximum atomic E-state index is 13.1. The second kappa shape index (κ2) is 5.48. The number of nitrogen functional groups attached to an aromatic ring is 1. The summed E-state index contributed by atoms with van der Waals surface area (Å²) in [7, 11) is 0. The smallest absolute Gasteiger partial charge is 0.318 e. The first-order valence-corrected chi connectivity index (χ1v) is 5.16. The van der Waals surface area contributed by atoms with Crippen LogP contribution in [0.4, 0.5) is 14.9 Å². The summed E-state index contributed by atoms with van der Waals surface area (Å²) < 4.78 is 18.3. The van der Waals surface area contributed by atoms with Gasteiger partial charge in [0.15, 0.2) is 6.61 Å². The summed E-state index contributed by atoms with van der Waals surface area (Å²) >= 11 is 2.94. The van der Waals surface area contributed by atoms with Gasteiger partial charge in [-0.1, -0.05) is 0 Å². The number of rotatable bonds is 3. The van der Waals surface area contributed by atoms with Crippen molar-refractivity contribution in [1.82, 2.24) is 5.32 Å². The van der Waals surface area contributed by atoms with Crippen LogP contribution in [0.15, 0.2) is 16.6 Å². The molecule has 8 heteroatoms. The molecule has 0 fully saturated rings. The lowest BCUT2D eigenvalue weighted by Gasteiger charge is -2.09. The Kier molecular flexibility index (Phi) is 4.27. The molecule has 0 radical (unpaired) electrons. The Morgan fingerprint density at radius 3 is 2.71 bits per heavy atom. The molecule has 0 heterocycles. The number of imide groups is 1. The molecule has 0 saturated heterocycles. The van der Waals surface area contributed by atoms with Crippen LogP contribution < -0.4 is 21.5 Å². The zero-order valence-electron chi connectivity index (χ0n) is 8.50. The standard InChI is InChI=1S/C9H9BrFN3O3/c10-4-1-6(12)7(2-5(4)11)17-3-8(15)14-9(13)16/h1-2H,3,12H2,(H3,13,14,15,16). The second-order valence-corrected chi connectivity index (χ2v) is 3.86. The SMILES string of the molecule is NC(=O)NC(=O)COc1cc(F)c(Br)cc1N. The van der Waals surface area contributed by atoms with Gasteiger partial charge < -0.3 is 16.2 Å². The third kappa shape index (κ3) is 3.91. The highest BCUT2D eigenvalue weighted by Crippen LogP contribution is 2.28. The first kappa shape index (κ1) is 13.2. The van der Waals surface area contributed by atoms with Crippen molar-refractivity contribution in [3.8, 4) is 5.75 Å². The normalized spacial score (nSPS) is 9.76. The van der Waals surface area contributed by atoms with Gasteiger partial charge in [0.2, 0.25) is 0 Å². The van der Waals surface area contributed by atoms with E-state index in [9.17, 15) is 14.0 Å². The van der Waals surface area contributed by atoms with Crippen molar-refractivity contribution in [2.45, 2.75) is 0 Å². The minimum Gasteiger partial charge on any atom is -0.481 e.